The van der Waals surface area contributed by atoms with E-state index in [0.717, 1.165) is 32.2 Å². The normalized spacial score (nSPS) is 32.9. The summed E-state index contributed by atoms with van der Waals surface area (Å²) in [5.41, 5.74) is -0.431. The molecule has 4 heteroatoms. The zero-order chi connectivity index (χ0) is 13.3. The Bertz CT molecular complexity index is 311. The Morgan fingerprint density at radius 3 is 2.67 bits per heavy atom. The number of carbonyl (C=O) groups is 1. The Morgan fingerprint density at radius 1 is 1.28 bits per heavy atom. The van der Waals surface area contributed by atoms with Gasteiger partial charge in [0.15, 0.2) is 0 Å². The average Bonchev–Trinajstić information content (AvgIpc) is 2.26. The maximum Gasteiger partial charge on any atom is 0.410 e. The van der Waals surface area contributed by atoms with Gasteiger partial charge in [0.25, 0.3) is 0 Å². The first-order valence-corrected chi connectivity index (χ1v) is 7.03. The fourth-order valence-corrected chi connectivity index (χ4v) is 3.16. The summed E-state index contributed by atoms with van der Waals surface area (Å²) in [5.74, 6) is 0.840. The van der Waals surface area contributed by atoms with E-state index in [1.165, 1.54) is 0 Å². The number of carbonyl (C=O) groups excluding carboxylic acids is 1. The summed E-state index contributed by atoms with van der Waals surface area (Å²) in [6.45, 7) is 7.13. The van der Waals surface area contributed by atoms with E-state index in [9.17, 15) is 9.90 Å². The zero-order valence-corrected chi connectivity index (χ0v) is 11.7. The van der Waals surface area contributed by atoms with Crippen molar-refractivity contribution in [1.82, 2.24) is 4.90 Å². The molecule has 4 nitrogen and oxygen atoms in total. The van der Waals surface area contributed by atoms with Crippen molar-refractivity contribution in [3.05, 3.63) is 0 Å². The number of fused-ring (bicyclic) bond motifs is 1. The van der Waals surface area contributed by atoms with Gasteiger partial charge in [-0.1, -0.05) is 6.42 Å². The lowest BCUT2D eigenvalue weighted by atomic mass is 9.73. The zero-order valence-electron chi connectivity index (χ0n) is 11.7. The fourth-order valence-electron chi connectivity index (χ4n) is 3.16. The first-order valence-electron chi connectivity index (χ1n) is 7.03. The molecule has 1 saturated carbocycles. The van der Waals surface area contributed by atoms with Gasteiger partial charge in [-0.3, -0.25) is 0 Å². The number of aliphatic hydroxyl groups is 1. The second-order valence-electron chi connectivity index (χ2n) is 6.64. The van der Waals surface area contributed by atoms with Crippen LogP contribution in [0.25, 0.3) is 0 Å². The van der Waals surface area contributed by atoms with Crippen LogP contribution in [0.4, 0.5) is 4.79 Å². The Morgan fingerprint density at radius 2 is 2.00 bits per heavy atom. The largest absolute Gasteiger partial charge is 0.444 e. The van der Waals surface area contributed by atoms with Gasteiger partial charge in [0.05, 0.1) is 6.10 Å². The highest BCUT2D eigenvalue weighted by Gasteiger charge is 2.38. The monoisotopic (exact) mass is 255 g/mol. The lowest BCUT2D eigenvalue weighted by molar-refractivity contribution is -0.0286. The minimum Gasteiger partial charge on any atom is -0.444 e. The van der Waals surface area contributed by atoms with Crippen molar-refractivity contribution in [1.29, 1.82) is 0 Å². The predicted molar refractivity (Wildman–Crippen MR) is 69.3 cm³/mol. The molecule has 1 amide bonds. The van der Waals surface area contributed by atoms with E-state index >= 15 is 0 Å². The first-order chi connectivity index (χ1) is 8.37. The van der Waals surface area contributed by atoms with Crippen LogP contribution in [0, 0.1) is 11.8 Å². The molecule has 3 atom stereocenters. The maximum atomic E-state index is 12.0. The number of ether oxygens (including phenoxy) is 1. The second kappa shape index (κ2) is 5.08. The van der Waals surface area contributed by atoms with Gasteiger partial charge in [0, 0.05) is 13.1 Å². The van der Waals surface area contributed by atoms with Crippen LogP contribution in [0.3, 0.4) is 0 Å². The number of likely N-dealkylation sites (tertiary alicyclic amines) is 1. The van der Waals surface area contributed by atoms with Crippen LogP contribution in [-0.2, 0) is 4.74 Å². The number of rotatable bonds is 0. The van der Waals surface area contributed by atoms with E-state index in [-0.39, 0.29) is 12.2 Å². The van der Waals surface area contributed by atoms with Crippen LogP contribution >= 0.6 is 0 Å². The summed E-state index contributed by atoms with van der Waals surface area (Å²) >= 11 is 0. The molecule has 0 aromatic rings. The van der Waals surface area contributed by atoms with Crippen molar-refractivity contribution in [2.24, 2.45) is 11.8 Å². The number of nitrogens with zero attached hydrogens (tertiary/aromatic N) is 1. The predicted octanol–water partition coefficient (Wildman–Crippen LogP) is 2.40. The lowest BCUT2D eigenvalue weighted by Crippen LogP contribution is -2.49. The smallest absolute Gasteiger partial charge is 0.410 e. The van der Waals surface area contributed by atoms with Gasteiger partial charge in [0.2, 0.25) is 0 Å². The number of hydrogen-bond acceptors (Lipinski definition) is 3. The Hall–Kier alpha value is -0.770. The highest BCUT2D eigenvalue weighted by atomic mass is 16.6. The summed E-state index contributed by atoms with van der Waals surface area (Å²) < 4.78 is 5.41. The number of piperidine rings is 1. The third-order valence-electron chi connectivity index (χ3n) is 4.01. The SMILES string of the molecule is CC(C)(C)OC(=O)N1CCC2C(O)CCCC2C1. The van der Waals surface area contributed by atoms with E-state index in [4.69, 9.17) is 4.74 Å². The molecule has 1 saturated heterocycles. The van der Waals surface area contributed by atoms with Crippen LogP contribution in [0.2, 0.25) is 0 Å². The molecule has 0 bridgehead atoms. The van der Waals surface area contributed by atoms with Crippen molar-refractivity contribution in [3.8, 4) is 0 Å². The molecule has 2 rings (SSSR count). The molecule has 104 valence electrons. The highest BCUT2D eigenvalue weighted by Crippen LogP contribution is 2.36. The van der Waals surface area contributed by atoms with Crippen molar-refractivity contribution >= 4 is 6.09 Å². The molecule has 0 radical (unpaired) electrons. The van der Waals surface area contributed by atoms with Gasteiger partial charge in [0.1, 0.15) is 5.60 Å². The molecule has 0 spiro atoms. The number of amides is 1. The average molecular weight is 255 g/mol. The summed E-state index contributed by atoms with van der Waals surface area (Å²) in [7, 11) is 0. The molecule has 1 heterocycles. The van der Waals surface area contributed by atoms with Crippen molar-refractivity contribution in [3.63, 3.8) is 0 Å². The van der Waals surface area contributed by atoms with Crippen molar-refractivity contribution in [2.75, 3.05) is 13.1 Å². The minimum absolute atomic E-state index is 0.162. The third-order valence-corrected chi connectivity index (χ3v) is 4.01. The lowest BCUT2D eigenvalue weighted by Gasteiger charge is -2.43. The molecule has 1 aliphatic carbocycles. The van der Waals surface area contributed by atoms with Crippen LogP contribution in [-0.4, -0.2) is 40.9 Å². The van der Waals surface area contributed by atoms with Gasteiger partial charge in [-0.05, 0) is 51.9 Å². The van der Waals surface area contributed by atoms with Crippen LogP contribution < -0.4 is 0 Å². The molecule has 18 heavy (non-hydrogen) atoms. The molecule has 1 aliphatic heterocycles. The van der Waals surface area contributed by atoms with E-state index in [2.05, 4.69) is 0 Å². The molecule has 3 unspecified atom stereocenters. The van der Waals surface area contributed by atoms with Crippen LogP contribution in [0.1, 0.15) is 46.5 Å². The molecular weight excluding hydrogens is 230 g/mol. The van der Waals surface area contributed by atoms with Crippen LogP contribution in [0.5, 0.6) is 0 Å². The van der Waals surface area contributed by atoms with E-state index in [1.807, 2.05) is 25.7 Å². The molecule has 0 aromatic carbocycles. The van der Waals surface area contributed by atoms with Gasteiger partial charge in [-0.25, -0.2) is 4.79 Å². The summed E-state index contributed by atoms with van der Waals surface area (Å²) in [5, 5.41) is 9.98. The first kappa shape index (κ1) is 13.7. The molecular formula is C14H25NO3. The van der Waals surface area contributed by atoms with E-state index in [1.54, 1.807) is 0 Å². The molecule has 0 aromatic heterocycles. The molecule has 1 N–H and O–H groups in total. The number of aliphatic hydroxyl groups excluding tert-OH is 1. The third kappa shape index (κ3) is 3.16. The van der Waals surface area contributed by atoms with Gasteiger partial charge >= 0.3 is 6.09 Å². The minimum atomic E-state index is -0.431. The maximum absolute atomic E-state index is 12.0. The Kier molecular flexibility index (Phi) is 3.85. The van der Waals surface area contributed by atoms with Crippen molar-refractivity contribution in [2.45, 2.75) is 58.2 Å². The summed E-state index contributed by atoms with van der Waals surface area (Å²) in [6.07, 6.45) is 3.66. The fraction of sp³-hybridized carbons (Fsp3) is 0.929. The second-order valence-corrected chi connectivity index (χ2v) is 6.64. The standard InChI is InChI=1S/C14H25NO3/c1-14(2,3)18-13(17)15-8-7-11-10(9-15)5-4-6-12(11)16/h10-12,16H,4-9H2,1-3H3. The van der Waals surface area contributed by atoms with Crippen molar-refractivity contribution < 1.29 is 14.6 Å². The number of hydrogen-bond donors (Lipinski definition) is 1. The highest BCUT2D eigenvalue weighted by molar-refractivity contribution is 5.68. The summed E-state index contributed by atoms with van der Waals surface area (Å²) in [4.78, 5) is 13.8. The summed E-state index contributed by atoms with van der Waals surface area (Å²) in [6, 6.07) is 0. The Balaban J connectivity index is 1.92. The van der Waals surface area contributed by atoms with E-state index < -0.39 is 5.60 Å². The van der Waals surface area contributed by atoms with E-state index in [0.29, 0.717) is 18.4 Å². The molecule has 2 fully saturated rings. The Labute approximate surface area is 109 Å². The molecule has 2 aliphatic rings. The van der Waals surface area contributed by atoms with Gasteiger partial charge < -0.3 is 14.7 Å². The topological polar surface area (TPSA) is 49.8 Å². The van der Waals surface area contributed by atoms with Gasteiger partial charge in [-0.15, -0.1) is 0 Å². The quantitative estimate of drug-likeness (QED) is 0.723. The van der Waals surface area contributed by atoms with Crippen LogP contribution in [0.15, 0.2) is 0 Å². The van der Waals surface area contributed by atoms with Gasteiger partial charge in [-0.2, -0.15) is 0 Å².